The summed E-state index contributed by atoms with van der Waals surface area (Å²) in [6, 6.07) is 0. The Morgan fingerprint density at radius 1 is 1.73 bits per heavy atom. The molecule has 82 valence electrons. The maximum absolute atomic E-state index is 11.8. The Morgan fingerprint density at radius 3 is 3.00 bits per heavy atom. The first-order valence-electron chi connectivity index (χ1n) is 4.83. The van der Waals surface area contributed by atoms with Crippen molar-refractivity contribution in [1.29, 1.82) is 0 Å². The number of halogens is 1. The molecule has 15 heavy (non-hydrogen) atoms. The molecule has 1 aliphatic carbocycles. The maximum atomic E-state index is 11.8. The van der Waals surface area contributed by atoms with E-state index in [0.717, 1.165) is 30.9 Å². The van der Waals surface area contributed by atoms with Gasteiger partial charge in [-0.25, -0.2) is 0 Å². The Labute approximate surface area is 97.4 Å². The lowest BCUT2D eigenvalue weighted by molar-refractivity contribution is 0.0751. The molecule has 1 heterocycles. The molecule has 1 aliphatic rings. The molecule has 2 rings (SSSR count). The first-order chi connectivity index (χ1) is 7.16. The molecule has 1 aromatic heterocycles. The Bertz CT molecular complexity index is 337. The highest BCUT2D eigenvalue weighted by Crippen LogP contribution is 2.32. The van der Waals surface area contributed by atoms with Gasteiger partial charge in [0.1, 0.15) is 4.88 Å². The number of hydrogen-bond donors (Lipinski definition) is 0. The zero-order valence-corrected chi connectivity index (χ0v) is 9.96. The fourth-order valence-electron chi connectivity index (χ4n) is 1.72. The third-order valence-electron chi connectivity index (χ3n) is 2.63. The van der Waals surface area contributed by atoms with E-state index < -0.39 is 0 Å². The van der Waals surface area contributed by atoms with Crippen LogP contribution in [0.4, 0.5) is 0 Å². The number of carbonyl (C=O) groups is 1. The number of aromatic nitrogens is 2. The second kappa shape index (κ2) is 4.45. The van der Waals surface area contributed by atoms with Gasteiger partial charge in [0.25, 0.3) is 5.91 Å². The van der Waals surface area contributed by atoms with Crippen LogP contribution in [0.1, 0.15) is 22.5 Å². The average molecular weight is 246 g/mol. The third kappa shape index (κ3) is 2.46. The summed E-state index contributed by atoms with van der Waals surface area (Å²) < 4.78 is 3.67. The van der Waals surface area contributed by atoms with Crippen LogP contribution in [0.2, 0.25) is 0 Å². The lowest BCUT2D eigenvalue weighted by atomic mass is 9.84. The van der Waals surface area contributed by atoms with E-state index in [4.69, 9.17) is 11.6 Å². The van der Waals surface area contributed by atoms with Crippen LogP contribution in [0.25, 0.3) is 0 Å². The molecule has 0 aromatic carbocycles. The smallest absolute Gasteiger partial charge is 0.266 e. The molecule has 0 saturated heterocycles. The van der Waals surface area contributed by atoms with Gasteiger partial charge in [0.15, 0.2) is 0 Å². The third-order valence-corrected chi connectivity index (χ3v) is 3.64. The van der Waals surface area contributed by atoms with Crippen molar-refractivity contribution in [1.82, 2.24) is 14.5 Å². The summed E-state index contributed by atoms with van der Waals surface area (Å²) in [5.74, 6) is 0.561. The quantitative estimate of drug-likeness (QED) is 0.761. The van der Waals surface area contributed by atoms with Gasteiger partial charge >= 0.3 is 0 Å². The number of carbonyl (C=O) groups excluding carboxylic acids is 1. The molecule has 0 N–H and O–H groups in total. The number of hydrogen-bond acceptors (Lipinski definition) is 4. The molecular formula is C9H12ClN3OS. The molecule has 1 aromatic rings. The van der Waals surface area contributed by atoms with Gasteiger partial charge in [-0.3, -0.25) is 4.79 Å². The van der Waals surface area contributed by atoms with Crippen LogP contribution >= 0.6 is 23.1 Å². The van der Waals surface area contributed by atoms with E-state index in [0.29, 0.717) is 16.2 Å². The van der Waals surface area contributed by atoms with Gasteiger partial charge in [-0.15, -0.1) is 16.7 Å². The Morgan fingerprint density at radius 2 is 2.47 bits per heavy atom. The van der Waals surface area contributed by atoms with Gasteiger partial charge in [0.2, 0.25) is 0 Å². The van der Waals surface area contributed by atoms with Crippen molar-refractivity contribution in [2.45, 2.75) is 18.2 Å². The number of alkyl halides is 1. The monoisotopic (exact) mass is 245 g/mol. The molecule has 4 nitrogen and oxygen atoms in total. The molecule has 1 amide bonds. The van der Waals surface area contributed by atoms with Crippen LogP contribution in [-0.2, 0) is 0 Å². The number of amides is 1. The van der Waals surface area contributed by atoms with Gasteiger partial charge in [0, 0.05) is 19.0 Å². The molecule has 0 atom stereocenters. The van der Waals surface area contributed by atoms with Gasteiger partial charge in [0.05, 0.1) is 6.20 Å². The van der Waals surface area contributed by atoms with Crippen LogP contribution in [0.5, 0.6) is 0 Å². The van der Waals surface area contributed by atoms with Crippen molar-refractivity contribution in [3.05, 3.63) is 11.1 Å². The van der Waals surface area contributed by atoms with E-state index in [9.17, 15) is 4.79 Å². The lowest BCUT2D eigenvalue weighted by Crippen LogP contribution is -2.37. The molecule has 0 spiro atoms. The first kappa shape index (κ1) is 10.8. The molecule has 1 fully saturated rings. The molecular weight excluding hydrogens is 234 g/mol. The van der Waals surface area contributed by atoms with Crippen molar-refractivity contribution in [2.24, 2.45) is 5.92 Å². The minimum atomic E-state index is 0.00280. The Kier molecular flexibility index (Phi) is 3.21. The zero-order chi connectivity index (χ0) is 10.8. The second-order valence-corrected chi connectivity index (χ2v) is 5.31. The molecule has 0 radical (unpaired) electrons. The molecule has 6 heteroatoms. The first-order valence-corrected chi connectivity index (χ1v) is 6.04. The summed E-state index contributed by atoms with van der Waals surface area (Å²) in [7, 11) is 1.81. The van der Waals surface area contributed by atoms with Crippen molar-refractivity contribution in [2.75, 3.05) is 13.6 Å². The van der Waals surface area contributed by atoms with Gasteiger partial charge in [-0.05, 0) is 30.3 Å². The Hall–Kier alpha value is -0.680. The van der Waals surface area contributed by atoms with Crippen LogP contribution < -0.4 is 0 Å². The minimum absolute atomic E-state index is 0.00280. The van der Waals surface area contributed by atoms with Crippen molar-refractivity contribution in [3.8, 4) is 0 Å². The standard InChI is InChI=1S/C9H12ClN3OS/c1-13(5-6-2-7(10)3-6)9(14)8-4-11-12-15-8/h4,6-7H,2-3,5H2,1H3. The van der Waals surface area contributed by atoms with E-state index >= 15 is 0 Å². The summed E-state index contributed by atoms with van der Waals surface area (Å²) in [6.07, 6.45) is 3.54. The minimum Gasteiger partial charge on any atom is -0.341 e. The normalized spacial score (nSPS) is 24.7. The largest absolute Gasteiger partial charge is 0.341 e. The molecule has 1 saturated carbocycles. The number of rotatable bonds is 3. The maximum Gasteiger partial charge on any atom is 0.266 e. The van der Waals surface area contributed by atoms with Crippen LogP contribution in [-0.4, -0.2) is 39.4 Å². The van der Waals surface area contributed by atoms with Gasteiger partial charge < -0.3 is 4.90 Å². The molecule has 0 unspecified atom stereocenters. The summed E-state index contributed by atoms with van der Waals surface area (Å²) in [5.41, 5.74) is 0. The van der Waals surface area contributed by atoms with Crippen molar-refractivity contribution in [3.63, 3.8) is 0 Å². The highest BCUT2D eigenvalue weighted by molar-refractivity contribution is 7.07. The van der Waals surface area contributed by atoms with Crippen molar-refractivity contribution >= 4 is 29.0 Å². The zero-order valence-electron chi connectivity index (χ0n) is 8.39. The van der Waals surface area contributed by atoms with Crippen LogP contribution in [0, 0.1) is 5.92 Å². The highest BCUT2D eigenvalue weighted by Gasteiger charge is 2.29. The molecule has 0 bridgehead atoms. The number of nitrogens with zero attached hydrogens (tertiary/aromatic N) is 3. The summed E-state index contributed by atoms with van der Waals surface area (Å²) in [5, 5.41) is 3.96. The van der Waals surface area contributed by atoms with Crippen LogP contribution in [0.15, 0.2) is 6.20 Å². The second-order valence-electron chi connectivity index (χ2n) is 3.90. The lowest BCUT2D eigenvalue weighted by Gasteiger charge is -2.33. The predicted molar refractivity (Wildman–Crippen MR) is 59.2 cm³/mol. The topological polar surface area (TPSA) is 46.1 Å². The van der Waals surface area contributed by atoms with Gasteiger partial charge in [-0.2, -0.15) is 0 Å². The van der Waals surface area contributed by atoms with Gasteiger partial charge in [-0.1, -0.05) is 4.49 Å². The summed E-state index contributed by atoms with van der Waals surface area (Å²) >= 11 is 7.02. The predicted octanol–water partition coefficient (Wildman–Crippen LogP) is 1.63. The van der Waals surface area contributed by atoms with Crippen LogP contribution in [0.3, 0.4) is 0 Å². The van der Waals surface area contributed by atoms with E-state index in [1.165, 1.54) is 6.20 Å². The summed E-state index contributed by atoms with van der Waals surface area (Å²) in [4.78, 5) is 14.1. The Balaban J connectivity index is 1.86. The highest BCUT2D eigenvalue weighted by atomic mass is 35.5. The summed E-state index contributed by atoms with van der Waals surface area (Å²) in [6.45, 7) is 0.778. The van der Waals surface area contributed by atoms with E-state index in [1.807, 2.05) is 7.05 Å². The molecule has 0 aliphatic heterocycles. The average Bonchev–Trinajstić information content (AvgIpc) is 2.66. The van der Waals surface area contributed by atoms with E-state index in [1.54, 1.807) is 4.90 Å². The fourth-order valence-corrected chi connectivity index (χ4v) is 2.74. The van der Waals surface area contributed by atoms with E-state index in [2.05, 4.69) is 9.59 Å². The van der Waals surface area contributed by atoms with Crippen molar-refractivity contribution < 1.29 is 4.79 Å². The fraction of sp³-hybridized carbons (Fsp3) is 0.667. The van der Waals surface area contributed by atoms with E-state index in [-0.39, 0.29) is 5.91 Å². The SMILES string of the molecule is CN(CC1CC(Cl)C1)C(=O)c1cnns1.